The maximum absolute atomic E-state index is 4.48. The molecule has 3 nitrogen and oxygen atoms in total. The van der Waals surface area contributed by atoms with Gasteiger partial charge in [0.1, 0.15) is 0 Å². The SMILES string of the molecule is CNCc1cn(C(C)(C)C)nc1C. The molecule has 0 aromatic carbocycles. The molecular formula is C10H19N3. The highest BCUT2D eigenvalue weighted by atomic mass is 15.3. The fourth-order valence-corrected chi connectivity index (χ4v) is 1.20. The van der Waals surface area contributed by atoms with Crippen LogP contribution in [0.15, 0.2) is 6.20 Å². The van der Waals surface area contributed by atoms with Gasteiger partial charge in [-0.25, -0.2) is 0 Å². The van der Waals surface area contributed by atoms with Gasteiger partial charge < -0.3 is 5.32 Å². The summed E-state index contributed by atoms with van der Waals surface area (Å²) >= 11 is 0. The van der Waals surface area contributed by atoms with Crippen LogP contribution in [-0.4, -0.2) is 16.8 Å². The van der Waals surface area contributed by atoms with Gasteiger partial charge in [0.05, 0.1) is 11.2 Å². The number of nitrogens with one attached hydrogen (secondary N) is 1. The molecule has 13 heavy (non-hydrogen) atoms. The summed E-state index contributed by atoms with van der Waals surface area (Å²) in [5.74, 6) is 0. The second-order valence-electron chi connectivity index (χ2n) is 4.39. The molecule has 1 aromatic heterocycles. The van der Waals surface area contributed by atoms with Crippen LogP contribution in [0.4, 0.5) is 0 Å². The molecule has 0 unspecified atom stereocenters. The predicted octanol–water partition coefficient (Wildman–Crippen LogP) is 1.67. The third kappa shape index (κ3) is 2.31. The lowest BCUT2D eigenvalue weighted by molar-refractivity contribution is 0.354. The highest BCUT2D eigenvalue weighted by Gasteiger charge is 2.15. The first-order valence-corrected chi connectivity index (χ1v) is 4.65. The molecule has 1 rings (SSSR count). The molecule has 0 aliphatic rings. The zero-order valence-corrected chi connectivity index (χ0v) is 9.18. The minimum absolute atomic E-state index is 0.0801. The van der Waals surface area contributed by atoms with Gasteiger partial charge in [0.25, 0.3) is 0 Å². The fraction of sp³-hybridized carbons (Fsp3) is 0.700. The third-order valence-corrected chi connectivity index (χ3v) is 2.06. The topological polar surface area (TPSA) is 29.9 Å². The summed E-state index contributed by atoms with van der Waals surface area (Å²) in [6, 6.07) is 0. The lowest BCUT2D eigenvalue weighted by Gasteiger charge is -2.18. The second kappa shape index (κ2) is 3.50. The summed E-state index contributed by atoms with van der Waals surface area (Å²) in [7, 11) is 1.95. The number of nitrogens with zero attached hydrogens (tertiary/aromatic N) is 2. The Morgan fingerprint density at radius 2 is 2.08 bits per heavy atom. The van der Waals surface area contributed by atoms with Crippen molar-refractivity contribution in [3.05, 3.63) is 17.5 Å². The molecule has 0 amide bonds. The predicted molar refractivity (Wildman–Crippen MR) is 54.7 cm³/mol. The maximum atomic E-state index is 4.48. The summed E-state index contributed by atoms with van der Waals surface area (Å²) < 4.78 is 2.02. The van der Waals surface area contributed by atoms with E-state index in [2.05, 4.69) is 44.3 Å². The minimum atomic E-state index is 0.0801. The van der Waals surface area contributed by atoms with Crippen molar-refractivity contribution in [1.29, 1.82) is 0 Å². The van der Waals surface area contributed by atoms with Crippen molar-refractivity contribution in [3.63, 3.8) is 0 Å². The van der Waals surface area contributed by atoms with Crippen molar-refractivity contribution in [2.45, 2.75) is 39.8 Å². The van der Waals surface area contributed by atoms with Crippen LogP contribution in [0, 0.1) is 6.92 Å². The van der Waals surface area contributed by atoms with E-state index in [0.717, 1.165) is 12.2 Å². The summed E-state index contributed by atoms with van der Waals surface area (Å²) in [5.41, 5.74) is 2.47. The van der Waals surface area contributed by atoms with E-state index in [9.17, 15) is 0 Å². The van der Waals surface area contributed by atoms with Gasteiger partial charge in [-0.1, -0.05) is 0 Å². The maximum Gasteiger partial charge on any atom is 0.0638 e. The molecule has 3 heteroatoms. The average molecular weight is 181 g/mol. The Bertz CT molecular complexity index is 281. The Morgan fingerprint density at radius 3 is 2.46 bits per heavy atom. The van der Waals surface area contributed by atoms with Crippen LogP contribution in [0.3, 0.4) is 0 Å². The first-order chi connectivity index (χ1) is 5.95. The van der Waals surface area contributed by atoms with E-state index >= 15 is 0 Å². The van der Waals surface area contributed by atoms with Crippen molar-refractivity contribution in [2.75, 3.05) is 7.05 Å². The van der Waals surface area contributed by atoms with Crippen LogP contribution < -0.4 is 5.32 Å². The zero-order chi connectivity index (χ0) is 10.1. The Morgan fingerprint density at radius 1 is 1.46 bits per heavy atom. The van der Waals surface area contributed by atoms with Gasteiger partial charge >= 0.3 is 0 Å². The second-order valence-corrected chi connectivity index (χ2v) is 4.39. The largest absolute Gasteiger partial charge is 0.316 e. The fourth-order valence-electron chi connectivity index (χ4n) is 1.20. The van der Waals surface area contributed by atoms with Crippen LogP contribution in [-0.2, 0) is 12.1 Å². The molecule has 0 atom stereocenters. The molecule has 1 heterocycles. The Kier molecular flexibility index (Phi) is 2.76. The Labute approximate surface area is 80.1 Å². The van der Waals surface area contributed by atoms with E-state index in [-0.39, 0.29) is 5.54 Å². The van der Waals surface area contributed by atoms with Crippen molar-refractivity contribution in [2.24, 2.45) is 0 Å². The quantitative estimate of drug-likeness (QED) is 0.752. The first kappa shape index (κ1) is 10.3. The van der Waals surface area contributed by atoms with E-state index < -0.39 is 0 Å². The van der Waals surface area contributed by atoms with Crippen molar-refractivity contribution in [3.8, 4) is 0 Å². The average Bonchev–Trinajstić information content (AvgIpc) is 2.32. The molecule has 0 fully saturated rings. The molecule has 74 valence electrons. The van der Waals surface area contributed by atoms with Gasteiger partial charge in [0.2, 0.25) is 0 Å². The highest BCUT2D eigenvalue weighted by molar-refractivity contribution is 5.15. The molecule has 0 aliphatic heterocycles. The molecule has 0 saturated heterocycles. The van der Waals surface area contributed by atoms with Crippen LogP contribution >= 0.6 is 0 Å². The minimum Gasteiger partial charge on any atom is -0.316 e. The number of aryl methyl sites for hydroxylation is 1. The van der Waals surface area contributed by atoms with Gasteiger partial charge in [-0.15, -0.1) is 0 Å². The molecule has 1 aromatic rings. The number of hydrogen-bond donors (Lipinski definition) is 1. The zero-order valence-electron chi connectivity index (χ0n) is 9.18. The Hall–Kier alpha value is -0.830. The van der Waals surface area contributed by atoms with Gasteiger partial charge in [-0.05, 0) is 34.7 Å². The third-order valence-electron chi connectivity index (χ3n) is 2.06. The molecule has 0 bridgehead atoms. The van der Waals surface area contributed by atoms with Crippen molar-refractivity contribution < 1.29 is 0 Å². The molecule has 1 N–H and O–H groups in total. The van der Waals surface area contributed by atoms with Gasteiger partial charge in [-0.2, -0.15) is 5.10 Å². The molecule has 0 spiro atoms. The lowest BCUT2D eigenvalue weighted by atomic mass is 10.1. The van der Waals surface area contributed by atoms with Crippen LogP contribution in [0.2, 0.25) is 0 Å². The molecular weight excluding hydrogens is 162 g/mol. The van der Waals surface area contributed by atoms with Gasteiger partial charge in [0, 0.05) is 18.3 Å². The first-order valence-electron chi connectivity index (χ1n) is 4.65. The van der Waals surface area contributed by atoms with Crippen LogP contribution in [0.5, 0.6) is 0 Å². The standard InChI is InChI=1S/C10H19N3/c1-8-9(6-11-5)7-13(12-8)10(2,3)4/h7,11H,6H2,1-5H3. The van der Waals surface area contributed by atoms with Crippen molar-refractivity contribution in [1.82, 2.24) is 15.1 Å². The number of hydrogen-bond acceptors (Lipinski definition) is 2. The van der Waals surface area contributed by atoms with E-state index in [0.29, 0.717) is 0 Å². The summed E-state index contributed by atoms with van der Waals surface area (Å²) in [5, 5.41) is 7.61. The van der Waals surface area contributed by atoms with Crippen LogP contribution in [0.1, 0.15) is 32.0 Å². The van der Waals surface area contributed by atoms with Crippen LogP contribution in [0.25, 0.3) is 0 Å². The van der Waals surface area contributed by atoms with E-state index in [1.165, 1.54) is 5.56 Å². The monoisotopic (exact) mass is 181 g/mol. The van der Waals surface area contributed by atoms with E-state index in [1.807, 2.05) is 11.7 Å². The van der Waals surface area contributed by atoms with E-state index in [1.54, 1.807) is 0 Å². The van der Waals surface area contributed by atoms with Gasteiger partial charge in [-0.3, -0.25) is 4.68 Å². The smallest absolute Gasteiger partial charge is 0.0638 e. The normalized spacial score (nSPS) is 12.1. The van der Waals surface area contributed by atoms with Crippen molar-refractivity contribution >= 4 is 0 Å². The molecule has 0 saturated carbocycles. The Balaban J connectivity index is 2.95. The summed E-state index contributed by atoms with van der Waals surface area (Å²) in [6.45, 7) is 9.41. The summed E-state index contributed by atoms with van der Waals surface area (Å²) in [6.07, 6.45) is 2.12. The van der Waals surface area contributed by atoms with Gasteiger partial charge in [0.15, 0.2) is 0 Å². The molecule has 0 aliphatic carbocycles. The molecule has 0 radical (unpaired) electrons. The summed E-state index contributed by atoms with van der Waals surface area (Å²) in [4.78, 5) is 0. The number of aromatic nitrogens is 2. The lowest BCUT2D eigenvalue weighted by Crippen LogP contribution is -2.22. The highest BCUT2D eigenvalue weighted by Crippen LogP contribution is 2.15. The number of rotatable bonds is 2. The van der Waals surface area contributed by atoms with E-state index in [4.69, 9.17) is 0 Å².